The molecule has 0 bridgehead atoms. The fourth-order valence-electron chi connectivity index (χ4n) is 3.46. The summed E-state index contributed by atoms with van der Waals surface area (Å²) in [5.41, 5.74) is 2.64. The van der Waals surface area contributed by atoms with Crippen molar-refractivity contribution in [2.24, 2.45) is 0 Å². The summed E-state index contributed by atoms with van der Waals surface area (Å²) in [5.74, 6) is 0.0318. The standard InChI is InChI=1S/C19H26N4O/c1-2-7-16-12-18(22-21-16)19(24)23(17-9-4-3-5-10-17)14-15-8-6-11-20-13-15/h6,8,11-13,17H,2-5,7,9-10,14H2,1H3,(H,21,22). The molecule has 0 spiro atoms. The molecule has 1 saturated carbocycles. The third-order valence-electron chi connectivity index (χ3n) is 4.72. The van der Waals surface area contributed by atoms with Crippen LogP contribution in [-0.2, 0) is 13.0 Å². The predicted octanol–water partition coefficient (Wildman–Crippen LogP) is 3.73. The number of aryl methyl sites for hydroxylation is 1. The molecule has 0 aliphatic heterocycles. The Morgan fingerprint density at radius 3 is 2.88 bits per heavy atom. The van der Waals surface area contributed by atoms with Crippen LogP contribution in [0.15, 0.2) is 30.6 Å². The normalized spacial score (nSPS) is 15.4. The number of amides is 1. The van der Waals surface area contributed by atoms with Crippen molar-refractivity contribution < 1.29 is 4.79 Å². The number of aromatic amines is 1. The summed E-state index contributed by atoms with van der Waals surface area (Å²) >= 11 is 0. The van der Waals surface area contributed by atoms with E-state index in [1.807, 2.05) is 29.3 Å². The van der Waals surface area contributed by atoms with Crippen molar-refractivity contribution in [3.05, 3.63) is 47.5 Å². The number of nitrogens with one attached hydrogen (secondary N) is 1. The van der Waals surface area contributed by atoms with Gasteiger partial charge in [0.25, 0.3) is 5.91 Å². The average molecular weight is 326 g/mol. The molecule has 1 aliphatic rings. The second-order valence-electron chi connectivity index (χ2n) is 6.61. The van der Waals surface area contributed by atoms with Crippen molar-refractivity contribution in [2.75, 3.05) is 0 Å². The minimum atomic E-state index is 0.0318. The van der Waals surface area contributed by atoms with Crippen LogP contribution in [0.3, 0.4) is 0 Å². The summed E-state index contributed by atoms with van der Waals surface area (Å²) in [4.78, 5) is 19.3. The van der Waals surface area contributed by atoms with Crippen LogP contribution in [0, 0.1) is 0 Å². The zero-order valence-electron chi connectivity index (χ0n) is 14.4. The molecule has 5 nitrogen and oxygen atoms in total. The maximum atomic E-state index is 13.1. The number of carbonyl (C=O) groups is 1. The lowest BCUT2D eigenvalue weighted by molar-refractivity contribution is 0.0608. The van der Waals surface area contributed by atoms with Crippen molar-refractivity contribution >= 4 is 5.91 Å². The second kappa shape index (κ2) is 8.08. The van der Waals surface area contributed by atoms with Crippen LogP contribution in [0.1, 0.15) is 67.2 Å². The smallest absolute Gasteiger partial charge is 0.274 e. The molecule has 0 saturated heterocycles. The molecular formula is C19H26N4O. The molecule has 3 rings (SSSR count). The van der Waals surface area contributed by atoms with Crippen molar-refractivity contribution in [1.82, 2.24) is 20.1 Å². The Balaban J connectivity index is 1.80. The Kier molecular flexibility index (Phi) is 5.62. The maximum Gasteiger partial charge on any atom is 0.274 e. The lowest BCUT2D eigenvalue weighted by Crippen LogP contribution is -2.41. The van der Waals surface area contributed by atoms with Crippen molar-refractivity contribution in [3.8, 4) is 0 Å². The monoisotopic (exact) mass is 326 g/mol. The molecule has 0 radical (unpaired) electrons. The van der Waals surface area contributed by atoms with E-state index in [4.69, 9.17) is 0 Å². The molecule has 1 fully saturated rings. The number of nitrogens with zero attached hydrogens (tertiary/aromatic N) is 3. The molecule has 128 valence electrons. The lowest BCUT2D eigenvalue weighted by atomic mass is 9.93. The first kappa shape index (κ1) is 16.7. The highest BCUT2D eigenvalue weighted by atomic mass is 16.2. The predicted molar refractivity (Wildman–Crippen MR) is 93.6 cm³/mol. The summed E-state index contributed by atoms with van der Waals surface area (Å²) in [6.07, 6.45) is 11.4. The molecule has 0 unspecified atom stereocenters. The van der Waals surface area contributed by atoms with Crippen LogP contribution < -0.4 is 0 Å². The van der Waals surface area contributed by atoms with Crippen molar-refractivity contribution in [2.45, 2.75) is 64.5 Å². The quantitative estimate of drug-likeness (QED) is 0.880. The van der Waals surface area contributed by atoms with Gasteiger partial charge in [0.05, 0.1) is 0 Å². The van der Waals surface area contributed by atoms with E-state index in [2.05, 4.69) is 22.1 Å². The number of hydrogen-bond donors (Lipinski definition) is 1. The van der Waals surface area contributed by atoms with Gasteiger partial charge in [0, 0.05) is 30.7 Å². The van der Waals surface area contributed by atoms with Gasteiger partial charge in [-0.05, 0) is 37.0 Å². The van der Waals surface area contributed by atoms with Gasteiger partial charge in [-0.1, -0.05) is 38.7 Å². The molecular weight excluding hydrogens is 300 g/mol. The summed E-state index contributed by atoms with van der Waals surface area (Å²) in [6.45, 7) is 2.73. The molecule has 2 aromatic heterocycles. The van der Waals surface area contributed by atoms with Crippen molar-refractivity contribution in [1.29, 1.82) is 0 Å². The van der Waals surface area contributed by atoms with Gasteiger partial charge in [0.2, 0.25) is 0 Å². The van der Waals surface area contributed by atoms with Gasteiger partial charge in [-0.25, -0.2) is 0 Å². The van der Waals surface area contributed by atoms with E-state index in [-0.39, 0.29) is 5.91 Å². The van der Waals surface area contributed by atoms with E-state index in [1.165, 1.54) is 19.3 Å². The molecule has 2 heterocycles. The Morgan fingerprint density at radius 1 is 1.33 bits per heavy atom. The highest BCUT2D eigenvalue weighted by Crippen LogP contribution is 2.25. The van der Waals surface area contributed by atoms with Gasteiger partial charge in [-0.3, -0.25) is 14.9 Å². The van der Waals surface area contributed by atoms with Crippen molar-refractivity contribution in [3.63, 3.8) is 0 Å². The van der Waals surface area contributed by atoms with E-state index in [0.29, 0.717) is 18.3 Å². The maximum absolute atomic E-state index is 13.1. The van der Waals surface area contributed by atoms with Gasteiger partial charge in [-0.15, -0.1) is 0 Å². The van der Waals surface area contributed by atoms with Crippen LogP contribution in [-0.4, -0.2) is 32.0 Å². The number of hydrogen-bond acceptors (Lipinski definition) is 3. The zero-order chi connectivity index (χ0) is 16.8. The summed E-state index contributed by atoms with van der Waals surface area (Å²) in [7, 11) is 0. The molecule has 1 amide bonds. The number of rotatable bonds is 6. The first-order valence-electron chi connectivity index (χ1n) is 9.02. The average Bonchev–Trinajstić information content (AvgIpc) is 3.10. The summed E-state index contributed by atoms with van der Waals surface area (Å²) in [6, 6.07) is 6.17. The number of aromatic nitrogens is 3. The minimum Gasteiger partial charge on any atom is -0.330 e. The van der Waals surface area contributed by atoms with Crippen LogP contribution in [0.5, 0.6) is 0 Å². The van der Waals surface area contributed by atoms with Crippen LogP contribution >= 0.6 is 0 Å². The molecule has 0 aromatic carbocycles. The molecule has 24 heavy (non-hydrogen) atoms. The van der Waals surface area contributed by atoms with Gasteiger partial charge < -0.3 is 4.90 Å². The zero-order valence-corrected chi connectivity index (χ0v) is 14.4. The molecule has 1 N–H and O–H groups in total. The van der Waals surface area contributed by atoms with Crippen LogP contribution in [0.25, 0.3) is 0 Å². The van der Waals surface area contributed by atoms with E-state index >= 15 is 0 Å². The highest BCUT2D eigenvalue weighted by molar-refractivity contribution is 5.92. The highest BCUT2D eigenvalue weighted by Gasteiger charge is 2.27. The number of H-pyrrole nitrogens is 1. The number of pyridine rings is 1. The third kappa shape index (κ3) is 4.02. The van der Waals surface area contributed by atoms with Crippen LogP contribution in [0.4, 0.5) is 0 Å². The lowest BCUT2D eigenvalue weighted by Gasteiger charge is -2.34. The first-order valence-corrected chi connectivity index (χ1v) is 9.02. The van der Waals surface area contributed by atoms with Gasteiger partial charge in [0.1, 0.15) is 5.69 Å². The first-order chi connectivity index (χ1) is 11.8. The molecule has 1 aliphatic carbocycles. The fourth-order valence-corrected chi connectivity index (χ4v) is 3.46. The Hall–Kier alpha value is -2.17. The molecule has 0 atom stereocenters. The van der Waals surface area contributed by atoms with E-state index in [0.717, 1.165) is 36.9 Å². The second-order valence-corrected chi connectivity index (χ2v) is 6.61. The van der Waals surface area contributed by atoms with E-state index in [9.17, 15) is 4.79 Å². The van der Waals surface area contributed by atoms with E-state index in [1.54, 1.807) is 6.20 Å². The third-order valence-corrected chi connectivity index (χ3v) is 4.72. The minimum absolute atomic E-state index is 0.0318. The SMILES string of the molecule is CCCc1cc(C(=O)N(Cc2cccnc2)C2CCCCC2)n[nH]1. The van der Waals surface area contributed by atoms with Crippen LogP contribution in [0.2, 0.25) is 0 Å². The Morgan fingerprint density at radius 2 is 2.17 bits per heavy atom. The number of carbonyl (C=O) groups excluding carboxylic acids is 1. The Labute approximate surface area is 143 Å². The fraction of sp³-hybridized carbons (Fsp3) is 0.526. The molecule has 2 aromatic rings. The topological polar surface area (TPSA) is 61.9 Å². The summed E-state index contributed by atoms with van der Waals surface area (Å²) in [5, 5.41) is 7.26. The van der Waals surface area contributed by atoms with Gasteiger partial charge in [0.15, 0.2) is 0 Å². The Bertz CT molecular complexity index is 646. The summed E-state index contributed by atoms with van der Waals surface area (Å²) < 4.78 is 0. The van der Waals surface area contributed by atoms with E-state index < -0.39 is 0 Å². The largest absolute Gasteiger partial charge is 0.330 e. The van der Waals surface area contributed by atoms with Gasteiger partial charge in [-0.2, -0.15) is 5.10 Å². The van der Waals surface area contributed by atoms with Gasteiger partial charge >= 0.3 is 0 Å². The molecule has 5 heteroatoms.